The van der Waals surface area contributed by atoms with Crippen molar-refractivity contribution in [3.05, 3.63) is 48.5 Å². The third kappa shape index (κ3) is 6.14. The summed E-state index contributed by atoms with van der Waals surface area (Å²) >= 11 is 0. The van der Waals surface area contributed by atoms with Crippen molar-refractivity contribution in [2.45, 2.75) is 32.3 Å². The molecule has 2 aromatic carbocycles. The summed E-state index contributed by atoms with van der Waals surface area (Å²) in [5.41, 5.74) is 1.82. The molecular weight excluding hydrogens is 384 g/mol. The van der Waals surface area contributed by atoms with E-state index >= 15 is 0 Å². The van der Waals surface area contributed by atoms with Gasteiger partial charge in [0.15, 0.2) is 12.7 Å². The molecule has 30 heavy (non-hydrogen) atoms. The Balaban J connectivity index is 1.43. The van der Waals surface area contributed by atoms with Gasteiger partial charge < -0.3 is 24.4 Å². The van der Waals surface area contributed by atoms with Gasteiger partial charge in [-0.25, -0.2) is 4.79 Å². The van der Waals surface area contributed by atoms with E-state index < -0.39 is 18.0 Å². The molecule has 1 aliphatic heterocycles. The second-order valence-corrected chi connectivity index (χ2v) is 7.18. The third-order valence-corrected chi connectivity index (χ3v) is 4.95. The number of benzene rings is 2. The topological polar surface area (TPSA) is 77.1 Å². The molecule has 3 rings (SSSR count). The van der Waals surface area contributed by atoms with Crippen LogP contribution in [0.4, 0.5) is 11.4 Å². The molecule has 0 radical (unpaired) electrons. The number of piperidine rings is 1. The molecule has 160 valence electrons. The lowest BCUT2D eigenvalue weighted by Gasteiger charge is -2.28. The molecular formula is C23H28N2O5. The zero-order chi connectivity index (χ0) is 21.3. The molecule has 1 heterocycles. The second-order valence-electron chi connectivity index (χ2n) is 7.18. The van der Waals surface area contributed by atoms with E-state index in [0.29, 0.717) is 17.2 Å². The van der Waals surface area contributed by atoms with Crippen molar-refractivity contribution in [2.24, 2.45) is 0 Å². The van der Waals surface area contributed by atoms with Gasteiger partial charge in [0.25, 0.3) is 5.91 Å². The Hall–Kier alpha value is -3.22. The molecule has 1 saturated heterocycles. The molecule has 1 aliphatic rings. The van der Waals surface area contributed by atoms with Crippen molar-refractivity contribution in [1.29, 1.82) is 0 Å². The van der Waals surface area contributed by atoms with Gasteiger partial charge in [-0.05, 0) is 74.7 Å². The van der Waals surface area contributed by atoms with E-state index in [2.05, 4.69) is 10.2 Å². The van der Waals surface area contributed by atoms with Crippen molar-refractivity contribution >= 4 is 23.3 Å². The number of amides is 1. The fourth-order valence-corrected chi connectivity index (χ4v) is 3.25. The molecule has 0 bridgehead atoms. The van der Waals surface area contributed by atoms with Gasteiger partial charge in [-0.15, -0.1) is 0 Å². The van der Waals surface area contributed by atoms with E-state index in [9.17, 15) is 9.59 Å². The Labute approximate surface area is 176 Å². The Morgan fingerprint density at radius 3 is 2.23 bits per heavy atom. The maximum atomic E-state index is 12.3. The number of ether oxygens (including phenoxy) is 3. The van der Waals surface area contributed by atoms with E-state index in [1.165, 1.54) is 26.2 Å². The highest BCUT2D eigenvalue weighted by atomic mass is 16.6. The lowest BCUT2D eigenvalue weighted by Crippen LogP contribution is -2.31. The van der Waals surface area contributed by atoms with Crippen molar-refractivity contribution in [3.8, 4) is 11.5 Å². The molecule has 1 atom stereocenters. The molecule has 1 fully saturated rings. The summed E-state index contributed by atoms with van der Waals surface area (Å²) < 4.78 is 15.6. The van der Waals surface area contributed by atoms with Gasteiger partial charge in [0.2, 0.25) is 0 Å². The summed E-state index contributed by atoms with van der Waals surface area (Å²) in [4.78, 5) is 26.6. The molecule has 0 aromatic heterocycles. The van der Waals surface area contributed by atoms with Crippen molar-refractivity contribution in [1.82, 2.24) is 0 Å². The molecule has 7 heteroatoms. The van der Waals surface area contributed by atoms with Crippen molar-refractivity contribution < 1.29 is 23.8 Å². The number of nitrogens with zero attached hydrogens (tertiary/aromatic N) is 1. The summed E-state index contributed by atoms with van der Waals surface area (Å²) in [5.74, 6) is 0.199. The molecule has 0 saturated carbocycles. The summed E-state index contributed by atoms with van der Waals surface area (Å²) in [5, 5.41) is 2.77. The summed E-state index contributed by atoms with van der Waals surface area (Å²) in [6, 6.07) is 14.6. The zero-order valence-corrected chi connectivity index (χ0v) is 17.4. The summed E-state index contributed by atoms with van der Waals surface area (Å²) in [6.45, 7) is 3.38. The number of esters is 1. The maximum Gasteiger partial charge on any atom is 0.344 e. The lowest BCUT2D eigenvalue weighted by atomic mass is 10.1. The number of rotatable bonds is 8. The lowest BCUT2D eigenvalue weighted by molar-refractivity contribution is -0.155. The normalized spacial score (nSPS) is 14.5. The first kappa shape index (κ1) is 21.5. The fourth-order valence-electron chi connectivity index (χ4n) is 3.25. The second kappa shape index (κ2) is 10.5. The largest absolute Gasteiger partial charge is 0.497 e. The number of carbonyl (C=O) groups is 2. The average molecular weight is 412 g/mol. The van der Waals surface area contributed by atoms with Crippen LogP contribution in [0.3, 0.4) is 0 Å². The van der Waals surface area contributed by atoms with E-state index in [4.69, 9.17) is 14.2 Å². The molecule has 2 aromatic rings. The molecule has 7 nitrogen and oxygen atoms in total. The smallest absolute Gasteiger partial charge is 0.344 e. The Kier molecular flexibility index (Phi) is 7.54. The Morgan fingerprint density at radius 1 is 0.967 bits per heavy atom. The predicted molar refractivity (Wildman–Crippen MR) is 115 cm³/mol. The minimum absolute atomic E-state index is 0.283. The monoisotopic (exact) mass is 412 g/mol. The van der Waals surface area contributed by atoms with Gasteiger partial charge in [0.05, 0.1) is 7.11 Å². The zero-order valence-electron chi connectivity index (χ0n) is 17.4. The van der Waals surface area contributed by atoms with Crippen LogP contribution in [-0.2, 0) is 14.3 Å². The van der Waals surface area contributed by atoms with Crippen LogP contribution < -0.4 is 19.7 Å². The third-order valence-electron chi connectivity index (χ3n) is 4.95. The van der Waals surface area contributed by atoms with Crippen LogP contribution in [0.15, 0.2) is 48.5 Å². The van der Waals surface area contributed by atoms with Crippen LogP contribution in [0.25, 0.3) is 0 Å². The highest BCUT2D eigenvalue weighted by molar-refractivity contribution is 5.95. The van der Waals surface area contributed by atoms with Gasteiger partial charge >= 0.3 is 5.97 Å². The molecule has 0 aliphatic carbocycles. The number of carbonyl (C=O) groups excluding carboxylic acids is 2. The number of methoxy groups -OCH3 is 1. The van der Waals surface area contributed by atoms with E-state index in [1.807, 2.05) is 24.3 Å². The SMILES string of the molecule is COc1ccc(OCC(=O)O[C@@H](C)C(=O)Nc2ccc(N3CCCCC3)cc2)cc1. The number of anilines is 2. The number of hydrogen-bond donors (Lipinski definition) is 1. The van der Waals surface area contributed by atoms with Gasteiger partial charge in [-0.3, -0.25) is 4.79 Å². The van der Waals surface area contributed by atoms with Crippen LogP contribution >= 0.6 is 0 Å². The van der Waals surface area contributed by atoms with E-state index in [-0.39, 0.29) is 6.61 Å². The molecule has 0 spiro atoms. The standard InChI is InChI=1S/C23H28N2O5/c1-17(30-22(26)16-29-21-12-10-20(28-2)11-13-21)23(27)24-18-6-8-19(9-7-18)25-14-4-3-5-15-25/h6-13,17H,3-5,14-16H2,1-2H3,(H,24,27)/t17-/m0/s1. The van der Waals surface area contributed by atoms with Crippen LogP contribution in [0.1, 0.15) is 26.2 Å². The van der Waals surface area contributed by atoms with Crippen molar-refractivity contribution in [2.75, 3.05) is 37.0 Å². The summed E-state index contributed by atoms with van der Waals surface area (Å²) in [6.07, 6.45) is 2.78. The molecule has 0 unspecified atom stereocenters. The highest BCUT2D eigenvalue weighted by Crippen LogP contribution is 2.22. The van der Waals surface area contributed by atoms with Gasteiger partial charge in [0.1, 0.15) is 11.5 Å². The average Bonchev–Trinajstić information content (AvgIpc) is 2.79. The van der Waals surface area contributed by atoms with Gasteiger partial charge in [0, 0.05) is 24.5 Å². The predicted octanol–water partition coefficient (Wildman–Crippen LogP) is 3.63. The Morgan fingerprint density at radius 2 is 1.60 bits per heavy atom. The Bertz CT molecular complexity index is 830. The van der Waals surface area contributed by atoms with Crippen LogP contribution in [0, 0.1) is 0 Å². The van der Waals surface area contributed by atoms with Crippen LogP contribution in [0.5, 0.6) is 11.5 Å². The minimum Gasteiger partial charge on any atom is -0.497 e. The number of hydrogen-bond acceptors (Lipinski definition) is 6. The van der Waals surface area contributed by atoms with Crippen LogP contribution in [0.2, 0.25) is 0 Å². The van der Waals surface area contributed by atoms with Crippen molar-refractivity contribution in [3.63, 3.8) is 0 Å². The first-order valence-electron chi connectivity index (χ1n) is 10.2. The fraction of sp³-hybridized carbons (Fsp3) is 0.391. The molecule has 1 N–H and O–H groups in total. The van der Waals surface area contributed by atoms with Gasteiger partial charge in [-0.2, -0.15) is 0 Å². The maximum absolute atomic E-state index is 12.3. The van der Waals surface area contributed by atoms with Gasteiger partial charge in [-0.1, -0.05) is 0 Å². The van der Waals surface area contributed by atoms with E-state index in [0.717, 1.165) is 18.8 Å². The quantitative estimate of drug-likeness (QED) is 0.667. The first-order chi connectivity index (χ1) is 14.5. The minimum atomic E-state index is -0.932. The molecule has 1 amide bonds. The first-order valence-corrected chi connectivity index (χ1v) is 10.2. The highest BCUT2D eigenvalue weighted by Gasteiger charge is 2.19. The number of nitrogens with one attached hydrogen (secondary N) is 1. The van der Waals surface area contributed by atoms with Crippen LogP contribution in [-0.4, -0.2) is 44.8 Å². The van der Waals surface area contributed by atoms with E-state index in [1.54, 1.807) is 31.4 Å². The summed E-state index contributed by atoms with van der Waals surface area (Å²) in [7, 11) is 1.57.